The summed E-state index contributed by atoms with van der Waals surface area (Å²) in [6.45, 7) is 0. The number of rotatable bonds is 0. The van der Waals surface area contributed by atoms with Gasteiger partial charge in [-0.25, -0.2) is 0 Å². The van der Waals surface area contributed by atoms with Gasteiger partial charge in [0.15, 0.2) is 0 Å². The van der Waals surface area contributed by atoms with Crippen LogP contribution in [0.5, 0.6) is 0 Å². The van der Waals surface area contributed by atoms with Crippen molar-refractivity contribution in [2.45, 2.75) is 44.6 Å². The number of hydrogen-bond acceptors (Lipinski definition) is 8. The van der Waals surface area contributed by atoms with E-state index < -0.39 is 46.0 Å². The van der Waals surface area contributed by atoms with Gasteiger partial charge in [-0.3, -0.25) is 0 Å². The molecule has 11 nitrogen and oxygen atoms in total. The first-order chi connectivity index (χ1) is 7.07. The molecule has 0 heterocycles. The van der Waals surface area contributed by atoms with E-state index in [0.717, 1.165) is 0 Å². The minimum absolute atomic E-state index is 0. The van der Waals surface area contributed by atoms with E-state index in [1.54, 1.807) is 0 Å². The van der Waals surface area contributed by atoms with E-state index in [1.165, 1.54) is 0 Å². The van der Waals surface area contributed by atoms with Gasteiger partial charge in [-0.15, -0.1) is 12.0 Å². The zero-order chi connectivity index (χ0) is 13.5. The van der Waals surface area contributed by atoms with Gasteiger partial charge in [0, 0.05) is 0 Å². The van der Waals surface area contributed by atoms with Gasteiger partial charge in [-0.2, -0.15) is 18.0 Å². The SMILES string of the molecule is C.C.C.C.C.C.C#[Si]O.C#[Si]O.C#[Si][O-].C#[Si][O-].C#[Si][O-].O.O.O.[Ca+2].[Ca+2].[Na+].[Na+].[OH-].[OH-].[OH-]. The van der Waals surface area contributed by atoms with Gasteiger partial charge in [0.2, 0.25) is 18.4 Å². The van der Waals surface area contributed by atoms with Gasteiger partial charge in [0.05, 0.1) is 0 Å². The molecular formula is C11H40Ca2Na2O11Si5. The monoisotopic (exact) mass is 614 g/mol. The molecular weight excluding hydrogens is 575 g/mol. The zero-order valence-electron chi connectivity index (χ0n) is 13.8. The van der Waals surface area contributed by atoms with Crippen LogP contribution in [-0.2, 0) is 0 Å². The van der Waals surface area contributed by atoms with Crippen molar-refractivity contribution in [3.8, 4) is 30.0 Å². The average Bonchev–Trinajstić information content (AvgIpc) is 2.09. The number of hydrogen-bond donors (Lipinski definition) is 2. The zero-order valence-corrected chi connectivity index (χ0v) is 27.2. The maximum atomic E-state index is 8.74. The Morgan fingerprint density at radius 2 is 0.452 bits per heavy atom. The molecule has 0 aliphatic rings. The predicted octanol–water partition coefficient (Wildman–Crippen LogP) is -11.9. The van der Waals surface area contributed by atoms with Crippen LogP contribution in [0.25, 0.3) is 0 Å². The Bertz CT molecular complexity index is 239. The van der Waals surface area contributed by atoms with Crippen molar-refractivity contribution in [2.24, 2.45) is 0 Å². The van der Waals surface area contributed by atoms with E-state index in [1.807, 2.05) is 0 Å². The summed E-state index contributed by atoms with van der Waals surface area (Å²) < 4.78 is 0. The normalized spacial score (nSPS) is 1.13. The summed E-state index contributed by atoms with van der Waals surface area (Å²) in [5.74, 6) is 0. The molecule has 0 aliphatic carbocycles. The molecule has 0 aromatic carbocycles. The van der Waals surface area contributed by atoms with E-state index in [2.05, 4.69) is 30.0 Å². The van der Waals surface area contributed by atoms with Crippen molar-refractivity contribution < 1.29 is 116 Å². The van der Waals surface area contributed by atoms with E-state index in [0.29, 0.717) is 0 Å². The summed E-state index contributed by atoms with van der Waals surface area (Å²) in [7, 11) is -2.83. The minimum atomic E-state index is -0.667. The molecule has 31 heavy (non-hydrogen) atoms. The molecule has 20 heteroatoms. The van der Waals surface area contributed by atoms with Crippen LogP contribution in [0, 0.1) is 30.0 Å². The second-order valence-corrected chi connectivity index (χ2v) is 1.84. The molecule has 0 fully saturated rings. The molecule has 0 aromatic rings. The van der Waals surface area contributed by atoms with Crippen molar-refractivity contribution in [3.05, 3.63) is 0 Å². The Kier molecular flexibility index (Phi) is 3520. The van der Waals surface area contributed by atoms with E-state index in [4.69, 9.17) is 24.0 Å². The maximum absolute atomic E-state index is 8.74. The largest absolute Gasteiger partial charge is 2.00 e. The molecule has 0 amide bonds. The van der Waals surface area contributed by atoms with Crippen molar-refractivity contribution in [3.63, 3.8) is 0 Å². The first-order valence-corrected chi connectivity index (χ1v) is 7.51. The summed E-state index contributed by atoms with van der Waals surface area (Å²) in [6, 6.07) is 21.8. The van der Waals surface area contributed by atoms with Crippen LogP contribution in [0.15, 0.2) is 0 Å². The summed E-state index contributed by atoms with van der Waals surface area (Å²) in [5, 5.41) is 0. The second-order valence-electron chi connectivity index (χ2n) is 0.612. The summed E-state index contributed by atoms with van der Waals surface area (Å²) >= 11 is 0. The Hall–Kier alpha value is 3.26. The third kappa shape index (κ3) is 3050. The molecule has 0 unspecified atom stereocenters. The molecule has 0 atom stereocenters. The Labute approximate surface area is 306 Å². The fraction of sp³-hybridized carbons (Fsp3) is 0.545. The minimum Gasteiger partial charge on any atom is -0.870 e. The standard InChI is InChI=1S/2CH2OSi.3CHOSi.6CH4.2Ca.2Na.6H2O/c5*1-3-2;;;;;;;;;;;;;;;;/h2*1-2H;3*1H;6*1H4;;;;;6*1H2/q;;3*-1;;;;;;;2*+2;2*+1;;;;;;/p-3. The summed E-state index contributed by atoms with van der Waals surface area (Å²) in [5.41, 5.74) is 0. The van der Waals surface area contributed by atoms with Gasteiger partial charge in [0.1, 0.15) is 0 Å². The summed E-state index contributed by atoms with van der Waals surface area (Å²) in [6.07, 6.45) is 0. The third-order valence-corrected chi connectivity index (χ3v) is 0. The van der Waals surface area contributed by atoms with Crippen LogP contribution < -0.4 is 73.5 Å². The van der Waals surface area contributed by atoms with Crippen LogP contribution in [-0.4, -0.2) is 164 Å². The van der Waals surface area contributed by atoms with Crippen LogP contribution >= 0.6 is 0 Å². The van der Waals surface area contributed by atoms with Crippen LogP contribution in [0.4, 0.5) is 0 Å². The molecule has 0 rings (SSSR count). The van der Waals surface area contributed by atoms with Gasteiger partial charge in [-0.1, -0.05) is 72.2 Å². The molecule has 0 bridgehead atoms. The molecule has 0 saturated carbocycles. The fourth-order valence-corrected chi connectivity index (χ4v) is 0. The Morgan fingerprint density at radius 3 is 0.452 bits per heavy atom. The molecule has 0 aromatic heterocycles. The second kappa shape index (κ2) is 507. The topological polar surface area (TPSA) is 294 Å². The van der Waals surface area contributed by atoms with E-state index >= 15 is 0 Å². The first-order valence-electron chi connectivity index (χ1n) is 2.50. The summed E-state index contributed by atoms with van der Waals surface area (Å²) in [4.78, 5) is 41.0. The maximum Gasteiger partial charge on any atom is 2.00 e. The molecule has 0 radical (unpaired) electrons. The van der Waals surface area contributed by atoms with Crippen LogP contribution in [0.3, 0.4) is 0 Å². The Morgan fingerprint density at radius 1 is 0.452 bits per heavy atom. The smallest absolute Gasteiger partial charge is 0.870 e. The fourth-order valence-electron chi connectivity index (χ4n) is 0. The van der Waals surface area contributed by atoms with Crippen molar-refractivity contribution in [1.82, 2.24) is 0 Å². The van der Waals surface area contributed by atoms with Crippen molar-refractivity contribution in [2.75, 3.05) is 0 Å². The van der Waals surface area contributed by atoms with Crippen LogP contribution in [0.1, 0.15) is 44.6 Å². The van der Waals surface area contributed by atoms with Crippen molar-refractivity contribution >= 4 is 121 Å². The van der Waals surface area contributed by atoms with Gasteiger partial charge in [-0.05, 0) is 0 Å². The molecule has 0 saturated heterocycles. The predicted molar refractivity (Wildman–Crippen MR) is 126 cm³/mol. The van der Waals surface area contributed by atoms with E-state index in [-0.39, 0.29) is 212 Å². The molecule has 0 aliphatic heterocycles. The average molecular weight is 615 g/mol. The van der Waals surface area contributed by atoms with E-state index in [9.17, 15) is 0 Å². The van der Waals surface area contributed by atoms with Gasteiger partial charge in [0.25, 0.3) is 0 Å². The molecule has 176 valence electrons. The van der Waals surface area contributed by atoms with Gasteiger partial charge >= 0.3 is 135 Å². The molecule has 11 N–H and O–H groups in total. The van der Waals surface area contributed by atoms with Crippen molar-refractivity contribution in [1.29, 1.82) is 0 Å². The third-order valence-electron chi connectivity index (χ3n) is 0. The Balaban J connectivity index is -0.00000000188. The quantitative estimate of drug-likeness (QED) is 0.246. The first kappa shape index (κ1) is 215. The molecule has 0 spiro atoms. The van der Waals surface area contributed by atoms with Gasteiger partial charge < -0.3 is 56.8 Å². The van der Waals surface area contributed by atoms with Crippen LogP contribution in [0.2, 0.25) is 0 Å².